The third-order valence-corrected chi connectivity index (χ3v) is 1.34. The number of nitrogens with zero attached hydrogens (tertiary/aromatic N) is 2. The van der Waals surface area contributed by atoms with Gasteiger partial charge >= 0.3 is 5.37 Å². The zero-order valence-electron chi connectivity index (χ0n) is 6.00. The molecule has 0 rings (SSSR count). The second-order valence-electron chi connectivity index (χ2n) is 1.86. The number of nitriles is 1. The maximum absolute atomic E-state index is 10.8. The number of imide groups is 1. The molecule has 0 aromatic rings. The minimum absolute atomic E-state index is 0.0332. The molecule has 0 fully saturated rings. The van der Waals surface area contributed by atoms with E-state index in [0.29, 0.717) is 0 Å². The first kappa shape index (κ1) is 9.92. The van der Waals surface area contributed by atoms with Crippen molar-refractivity contribution in [2.45, 2.75) is 12.8 Å². The summed E-state index contributed by atoms with van der Waals surface area (Å²) < 4.78 is 0. The molecule has 11 heavy (non-hydrogen) atoms. The molecule has 0 aliphatic rings. The zero-order chi connectivity index (χ0) is 8.85. The van der Waals surface area contributed by atoms with Crippen molar-refractivity contribution in [1.82, 2.24) is 4.90 Å². The second-order valence-corrected chi connectivity index (χ2v) is 2.19. The van der Waals surface area contributed by atoms with Crippen LogP contribution < -0.4 is 0 Å². The van der Waals surface area contributed by atoms with Gasteiger partial charge in [0, 0.05) is 19.9 Å². The molecule has 60 valence electrons. The second kappa shape index (κ2) is 4.69. The Morgan fingerprint density at radius 3 is 2.55 bits per heavy atom. The topological polar surface area (TPSA) is 61.2 Å². The van der Waals surface area contributed by atoms with Crippen molar-refractivity contribution < 1.29 is 9.59 Å². The largest absolute Gasteiger partial charge is 0.322 e. The van der Waals surface area contributed by atoms with Crippen molar-refractivity contribution in [3.8, 4) is 6.07 Å². The molecule has 0 atom stereocenters. The van der Waals surface area contributed by atoms with Crippen molar-refractivity contribution in [3.63, 3.8) is 0 Å². The molecule has 0 heterocycles. The van der Waals surface area contributed by atoms with Gasteiger partial charge in [-0.25, -0.2) is 0 Å². The minimum atomic E-state index is -0.826. The molecule has 0 spiro atoms. The number of hydrogen-bond acceptors (Lipinski definition) is 3. The third kappa shape index (κ3) is 3.58. The van der Waals surface area contributed by atoms with Crippen LogP contribution in [0.4, 0.5) is 4.79 Å². The van der Waals surface area contributed by atoms with Gasteiger partial charge in [0.1, 0.15) is 0 Å². The van der Waals surface area contributed by atoms with Crippen molar-refractivity contribution >= 4 is 22.9 Å². The summed E-state index contributed by atoms with van der Waals surface area (Å²) >= 11 is 4.99. The summed E-state index contributed by atoms with van der Waals surface area (Å²) in [4.78, 5) is 21.9. The predicted octanol–water partition coefficient (Wildman–Crippen LogP) is 1.11. The van der Waals surface area contributed by atoms with E-state index < -0.39 is 11.3 Å². The van der Waals surface area contributed by atoms with Crippen molar-refractivity contribution in [2.75, 3.05) is 7.05 Å². The van der Waals surface area contributed by atoms with Gasteiger partial charge in [-0.1, -0.05) is 0 Å². The van der Waals surface area contributed by atoms with Crippen molar-refractivity contribution in [2.24, 2.45) is 0 Å². The Hall–Kier alpha value is -1.08. The van der Waals surface area contributed by atoms with E-state index in [1.165, 1.54) is 7.05 Å². The molecule has 0 bridgehead atoms. The maximum atomic E-state index is 10.8. The first-order valence-corrected chi connectivity index (χ1v) is 3.30. The molecular formula is C6H7ClN2O2. The quantitative estimate of drug-likeness (QED) is 0.465. The number of halogens is 1. The summed E-state index contributed by atoms with van der Waals surface area (Å²) in [5, 5.41) is 7.27. The van der Waals surface area contributed by atoms with Gasteiger partial charge in [0.2, 0.25) is 5.91 Å². The van der Waals surface area contributed by atoms with E-state index in [2.05, 4.69) is 0 Å². The molecular weight excluding hydrogens is 168 g/mol. The molecule has 4 nitrogen and oxygen atoms in total. The van der Waals surface area contributed by atoms with E-state index in [0.717, 1.165) is 4.90 Å². The van der Waals surface area contributed by atoms with E-state index in [-0.39, 0.29) is 12.8 Å². The van der Waals surface area contributed by atoms with Crippen LogP contribution in [-0.4, -0.2) is 23.2 Å². The molecule has 0 aromatic heterocycles. The van der Waals surface area contributed by atoms with Crippen LogP contribution in [0.5, 0.6) is 0 Å². The van der Waals surface area contributed by atoms with E-state index in [9.17, 15) is 9.59 Å². The van der Waals surface area contributed by atoms with Gasteiger partial charge in [-0.3, -0.25) is 14.5 Å². The number of rotatable bonds is 2. The molecule has 0 N–H and O–H groups in total. The first-order chi connectivity index (χ1) is 5.09. The zero-order valence-corrected chi connectivity index (χ0v) is 6.76. The smallest absolute Gasteiger partial charge is 0.274 e. The Kier molecular flexibility index (Phi) is 4.23. The lowest BCUT2D eigenvalue weighted by Crippen LogP contribution is -2.28. The van der Waals surface area contributed by atoms with Crippen LogP contribution in [0.3, 0.4) is 0 Å². The molecule has 0 unspecified atom stereocenters. The predicted molar refractivity (Wildman–Crippen MR) is 38.9 cm³/mol. The van der Waals surface area contributed by atoms with Crippen LogP contribution in [-0.2, 0) is 4.79 Å². The molecule has 0 aliphatic heterocycles. The molecule has 0 saturated carbocycles. The highest BCUT2D eigenvalue weighted by atomic mass is 35.5. The lowest BCUT2D eigenvalue weighted by molar-refractivity contribution is -0.126. The van der Waals surface area contributed by atoms with Crippen LogP contribution >= 0.6 is 11.6 Å². The Labute approximate surface area is 69.3 Å². The van der Waals surface area contributed by atoms with Gasteiger partial charge in [0.15, 0.2) is 0 Å². The van der Waals surface area contributed by atoms with Crippen LogP contribution in [0.15, 0.2) is 0 Å². The molecule has 0 radical (unpaired) electrons. The van der Waals surface area contributed by atoms with Crippen LogP contribution in [0.1, 0.15) is 12.8 Å². The fourth-order valence-electron chi connectivity index (χ4n) is 0.429. The van der Waals surface area contributed by atoms with Crippen LogP contribution in [0.25, 0.3) is 0 Å². The van der Waals surface area contributed by atoms with Gasteiger partial charge in [0.25, 0.3) is 0 Å². The number of amides is 2. The lowest BCUT2D eigenvalue weighted by atomic mass is 10.3. The number of carbonyl (C=O) groups is 2. The Balaban J connectivity index is 3.85. The SMILES string of the molecule is CN(C(=O)Cl)C(=O)CCC#N. The molecule has 0 saturated heterocycles. The van der Waals surface area contributed by atoms with Gasteiger partial charge in [-0.05, 0) is 11.6 Å². The molecule has 2 amide bonds. The Morgan fingerprint density at radius 2 is 2.18 bits per heavy atom. The number of carbonyl (C=O) groups excluding carboxylic acids is 2. The summed E-state index contributed by atoms with van der Waals surface area (Å²) in [5.41, 5.74) is 0. The average Bonchev–Trinajstić information content (AvgIpc) is 1.98. The van der Waals surface area contributed by atoms with Gasteiger partial charge in [-0.15, -0.1) is 0 Å². The third-order valence-electron chi connectivity index (χ3n) is 1.09. The summed E-state index contributed by atoms with van der Waals surface area (Å²) in [6, 6.07) is 1.79. The summed E-state index contributed by atoms with van der Waals surface area (Å²) in [5.74, 6) is -0.438. The van der Waals surface area contributed by atoms with E-state index in [1.54, 1.807) is 6.07 Å². The van der Waals surface area contributed by atoms with E-state index >= 15 is 0 Å². The Bertz CT molecular complexity index is 209. The van der Waals surface area contributed by atoms with E-state index in [1.807, 2.05) is 0 Å². The van der Waals surface area contributed by atoms with Gasteiger partial charge in [-0.2, -0.15) is 5.26 Å². The fraction of sp³-hybridized carbons (Fsp3) is 0.500. The monoisotopic (exact) mass is 174 g/mol. The summed E-state index contributed by atoms with van der Waals surface area (Å²) in [7, 11) is 1.27. The minimum Gasteiger partial charge on any atom is -0.274 e. The summed E-state index contributed by atoms with van der Waals surface area (Å²) in [6.45, 7) is 0. The molecule has 5 heteroatoms. The van der Waals surface area contributed by atoms with Crippen molar-refractivity contribution in [1.29, 1.82) is 5.26 Å². The molecule has 0 aromatic carbocycles. The van der Waals surface area contributed by atoms with Crippen LogP contribution in [0.2, 0.25) is 0 Å². The fourth-order valence-corrected chi connectivity index (χ4v) is 0.523. The highest BCUT2D eigenvalue weighted by Gasteiger charge is 2.12. The normalized spacial score (nSPS) is 8.45. The number of hydrogen-bond donors (Lipinski definition) is 0. The van der Waals surface area contributed by atoms with Crippen LogP contribution in [0, 0.1) is 11.3 Å². The highest BCUT2D eigenvalue weighted by Crippen LogP contribution is 1.98. The Morgan fingerprint density at radius 1 is 1.64 bits per heavy atom. The first-order valence-electron chi connectivity index (χ1n) is 2.92. The highest BCUT2D eigenvalue weighted by molar-refractivity contribution is 6.63. The lowest BCUT2D eigenvalue weighted by Gasteiger charge is -2.08. The molecule has 0 aliphatic carbocycles. The van der Waals surface area contributed by atoms with E-state index in [4.69, 9.17) is 16.9 Å². The van der Waals surface area contributed by atoms with Gasteiger partial charge < -0.3 is 0 Å². The maximum Gasteiger partial charge on any atom is 0.322 e. The van der Waals surface area contributed by atoms with Crippen molar-refractivity contribution in [3.05, 3.63) is 0 Å². The average molecular weight is 175 g/mol. The van der Waals surface area contributed by atoms with Gasteiger partial charge in [0.05, 0.1) is 6.07 Å². The standard InChI is InChI=1S/C6H7ClN2O2/c1-9(6(7)11)5(10)3-2-4-8/h2-3H2,1H3. The summed E-state index contributed by atoms with van der Waals surface area (Å²) in [6.07, 6.45) is 0.138.